The molecule has 2 aromatic carbocycles. The summed E-state index contributed by atoms with van der Waals surface area (Å²) in [7, 11) is -1.90. The van der Waals surface area contributed by atoms with Crippen LogP contribution >= 0.6 is 23.2 Å². The van der Waals surface area contributed by atoms with Crippen LogP contribution < -0.4 is 10.6 Å². The second-order valence-electron chi connectivity index (χ2n) is 11.9. The third-order valence-electron chi connectivity index (χ3n) is 8.95. The van der Waals surface area contributed by atoms with Crippen molar-refractivity contribution in [1.29, 1.82) is 0 Å². The number of amides is 2. The second-order valence-corrected chi connectivity index (χ2v) is 15.1. The predicted molar refractivity (Wildman–Crippen MR) is 167 cm³/mol. The van der Waals surface area contributed by atoms with Crippen molar-refractivity contribution in [3.63, 3.8) is 0 Å². The summed E-state index contributed by atoms with van der Waals surface area (Å²) in [5, 5.41) is 25.1. The molecule has 7 atom stereocenters. The third kappa shape index (κ3) is 8.09. The molecule has 0 bridgehead atoms. The Labute approximate surface area is 264 Å². The number of piperidine rings is 1. The Morgan fingerprint density at radius 1 is 1.12 bits per heavy atom. The van der Waals surface area contributed by atoms with E-state index in [-0.39, 0.29) is 47.9 Å². The number of sulfonamides is 1. The van der Waals surface area contributed by atoms with Gasteiger partial charge >= 0.3 is 0 Å². The van der Waals surface area contributed by atoms with Crippen LogP contribution in [0.5, 0.6) is 0 Å². The lowest BCUT2D eigenvalue weighted by atomic mass is 9.70. The first-order valence-corrected chi connectivity index (χ1v) is 16.9. The number of nitrogens with zero attached hydrogens (tertiary/aromatic N) is 1. The summed E-state index contributed by atoms with van der Waals surface area (Å²) < 4.78 is 28.4. The van der Waals surface area contributed by atoms with Gasteiger partial charge in [0.1, 0.15) is 0 Å². The molecule has 9 nitrogen and oxygen atoms in total. The fraction of sp³-hybridized carbons (Fsp3) is 0.548. The van der Waals surface area contributed by atoms with E-state index in [1.165, 1.54) is 4.31 Å². The summed E-state index contributed by atoms with van der Waals surface area (Å²) in [6.45, 7) is 3.45. The molecule has 0 radical (unpaired) electrons. The van der Waals surface area contributed by atoms with Gasteiger partial charge in [-0.3, -0.25) is 9.59 Å². The van der Waals surface area contributed by atoms with Gasteiger partial charge in [-0.05, 0) is 66.5 Å². The molecule has 43 heavy (non-hydrogen) atoms. The Morgan fingerprint density at radius 3 is 2.40 bits per heavy atom. The molecule has 3 unspecified atom stereocenters. The highest BCUT2D eigenvalue weighted by atomic mass is 35.5. The van der Waals surface area contributed by atoms with Gasteiger partial charge in [0.2, 0.25) is 21.8 Å². The Hall–Kier alpha value is -2.21. The third-order valence-corrected chi connectivity index (χ3v) is 11.8. The average Bonchev–Trinajstić information content (AvgIpc) is 3.84. The van der Waals surface area contributed by atoms with Crippen molar-refractivity contribution in [2.24, 2.45) is 17.8 Å². The van der Waals surface area contributed by atoms with E-state index in [0.717, 1.165) is 11.1 Å². The highest BCUT2D eigenvalue weighted by Crippen LogP contribution is 2.44. The highest BCUT2D eigenvalue weighted by Gasteiger charge is 2.46. The maximum Gasteiger partial charge on any atom is 0.223 e. The molecule has 1 saturated heterocycles. The minimum Gasteiger partial charge on any atom is -0.394 e. The largest absolute Gasteiger partial charge is 0.394 e. The summed E-state index contributed by atoms with van der Waals surface area (Å²) in [5.41, 5.74) is 1.73. The SMILES string of the molecule is CC(C(C)[C@@H]1NC(=O)[C@@H](CC(=O)NC[C@H](O)CO)C[C@@H]1c1cccc(Cl)c1)C(c1ccc(Cl)cc1)N(C)S(=O)(=O)C1CC1. The van der Waals surface area contributed by atoms with E-state index in [4.69, 9.17) is 28.3 Å². The zero-order valence-corrected chi connectivity index (χ0v) is 26.9. The quantitative estimate of drug-likeness (QED) is 0.259. The van der Waals surface area contributed by atoms with Crippen molar-refractivity contribution < 1.29 is 28.2 Å². The van der Waals surface area contributed by atoms with Gasteiger partial charge in [0.25, 0.3) is 0 Å². The van der Waals surface area contributed by atoms with Crippen LogP contribution in [-0.2, 0) is 19.6 Å². The van der Waals surface area contributed by atoms with Gasteiger partial charge in [-0.25, -0.2) is 8.42 Å². The molecule has 0 aromatic heterocycles. The first kappa shape index (κ1) is 33.7. The monoisotopic (exact) mass is 653 g/mol. The zero-order valence-electron chi connectivity index (χ0n) is 24.6. The van der Waals surface area contributed by atoms with Crippen molar-refractivity contribution >= 4 is 45.0 Å². The standard InChI is InChI=1S/C31H41Cl2N3O6S/c1-18(19(2)30(20-7-9-23(32)10-8-20)36(3)43(41,42)26-11-12-26)29-27(21-5-4-6-24(33)13-21)14-22(31(40)35-29)15-28(39)34-16-25(38)17-37/h4-10,13,18-19,22,25-27,29-30,37-38H,11-12,14-17H2,1-3H3,(H,34,39)(H,35,40)/t18?,19?,22-,25+,27-,29+,30?/m1/s1. The smallest absolute Gasteiger partial charge is 0.223 e. The molecule has 1 aliphatic heterocycles. The van der Waals surface area contributed by atoms with Gasteiger partial charge in [0.15, 0.2) is 0 Å². The average molecular weight is 655 g/mol. The molecule has 2 aromatic rings. The van der Waals surface area contributed by atoms with E-state index in [2.05, 4.69) is 10.6 Å². The van der Waals surface area contributed by atoms with Gasteiger partial charge in [-0.15, -0.1) is 0 Å². The summed E-state index contributed by atoms with van der Waals surface area (Å²) in [5.74, 6) is -1.91. The van der Waals surface area contributed by atoms with Gasteiger partial charge < -0.3 is 20.8 Å². The fourth-order valence-corrected chi connectivity index (χ4v) is 8.33. The van der Waals surface area contributed by atoms with E-state index < -0.39 is 40.6 Å². The van der Waals surface area contributed by atoms with E-state index in [1.54, 1.807) is 25.2 Å². The van der Waals surface area contributed by atoms with Gasteiger partial charge in [0.05, 0.1) is 24.0 Å². The number of aliphatic hydroxyl groups is 2. The van der Waals surface area contributed by atoms with Crippen LogP contribution in [0.15, 0.2) is 48.5 Å². The molecule has 2 aliphatic rings. The minimum absolute atomic E-state index is 0.0759. The molecule has 4 rings (SSSR count). The minimum atomic E-state index is -3.53. The Balaban J connectivity index is 1.64. The van der Waals surface area contributed by atoms with Crippen molar-refractivity contribution in [2.75, 3.05) is 20.2 Å². The summed E-state index contributed by atoms with van der Waals surface area (Å²) in [6, 6.07) is 13.8. The maximum absolute atomic E-state index is 13.5. The number of hydrogen-bond acceptors (Lipinski definition) is 6. The van der Waals surface area contributed by atoms with Crippen LogP contribution in [0.1, 0.15) is 62.6 Å². The number of carbonyl (C=O) groups is 2. The van der Waals surface area contributed by atoms with Crippen molar-refractivity contribution in [2.45, 2.75) is 68.9 Å². The summed E-state index contributed by atoms with van der Waals surface area (Å²) in [6.07, 6.45) is 0.519. The molecular formula is C31H41Cl2N3O6S. The van der Waals surface area contributed by atoms with E-state index >= 15 is 0 Å². The zero-order chi connectivity index (χ0) is 31.5. The molecule has 2 amide bonds. The molecule has 236 valence electrons. The first-order chi connectivity index (χ1) is 20.3. The molecule has 1 aliphatic carbocycles. The molecule has 2 fully saturated rings. The first-order valence-electron chi connectivity index (χ1n) is 14.7. The van der Waals surface area contributed by atoms with E-state index in [1.807, 2.05) is 44.2 Å². The van der Waals surface area contributed by atoms with Crippen LogP contribution in [-0.4, -0.2) is 72.3 Å². The van der Waals surface area contributed by atoms with Crippen molar-refractivity contribution in [3.05, 3.63) is 69.7 Å². The Morgan fingerprint density at radius 2 is 1.79 bits per heavy atom. The van der Waals surface area contributed by atoms with Gasteiger partial charge in [-0.1, -0.05) is 61.3 Å². The summed E-state index contributed by atoms with van der Waals surface area (Å²) >= 11 is 12.6. The fourth-order valence-electron chi connectivity index (χ4n) is 6.17. The summed E-state index contributed by atoms with van der Waals surface area (Å²) in [4.78, 5) is 26.1. The van der Waals surface area contributed by atoms with Crippen molar-refractivity contribution in [3.8, 4) is 0 Å². The van der Waals surface area contributed by atoms with Gasteiger partial charge in [0, 0.05) is 47.9 Å². The lowest BCUT2D eigenvalue weighted by molar-refractivity contribution is -0.134. The number of nitrogens with one attached hydrogen (secondary N) is 2. The number of benzene rings is 2. The number of halogens is 2. The molecular weight excluding hydrogens is 613 g/mol. The lowest BCUT2D eigenvalue weighted by Gasteiger charge is -2.44. The van der Waals surface area contributed by atoms with Crippen molar-refractivity contribution in [1.82, 2.24) is 14.9 Å². The number of hydrogen-bond donors (Lipinski definition) is 4. The van der Waals surface area contributed by atoms with Crippen LogP contribution in [0.4, 0.5) is 0 Å². The lowest BCUT2D eigenvalue weighted by Crippen LogP contribution is -2.54. The van der Waals surface area contributed by atoms with Crippen LogP contribution in [0.2, 0.25) is 10.0 Å². The normalized spacial score (nSPS) is 23.7. The highest BCUT2D eigenvalue weighted by molar-refractivity contribution is 7.90. The molecule has 1 saturated carbocycles. The predicted octanol–water partition coefficient (Wildman–Crippen LogP) is 3.88. The molecule has 0 spiro atoms. The van der Waals surface area contributed by atoms with E-state index in [9.17, 15) is 23.1 Å². The number of aliphatic hydroxyl groups excluding tert-OH is 2. The maximum atomic E-state index is 13.5. The molecule has 12 heteroatoms. The van der Waals surface area contributed by atoms with E-state index in [0.29, 0.717) is 29.3 Å². The Bertz CT molecular complexity index is 1390. The van der Waals surface area contributed by atoms with Crippen LogP contribution in [0, 0.1) is 17.8 Å². The number of rotatable bonds is 13. The van der Waals surface area contributed by atoms with Gasteiger partial charge in [-0.2, -0.15) is 4.31 Å². The molecule has 1 heterocycles. The topological polar surface area (TPSA) is 136 Å². The Kier molecular flexibility index (Phi) is 11.2. The second kappa shape index (κ2) is 14.3. The molecule has 4 N–H and O–H groups in total. The number of carbonyl (C=O) groups excluding carboxylic acids is 2. The van der Waals surface area contributed by atoms with Crippen LogP contribution in [0.3, 0.4) is 0 Å². The van der Waals surface area contributed by atoms with Crippen LogP contribution in [0.25, 0.3) is 0 Å².